The summed E-state index contributed by atoms with van der Waals surface area (Å²) in [5.74, 6) is 1.06. The van der Waals surface area contributed by atoms with E-state index in [4.69, 9.17) is 0 Å². The van der Waals surface area contributed by atoms with Gasteiger partial charge in [0.15, 0.2) is 0 Å². The summed E-state index contributed by atoms with van der Waals surface area (Å²) in [5.41, 5.74) is 0.471. The molecule has 0 spiro atoms. The molecule has 2 atom stereocenters. The largest absolute Gasteiger partial charge is 0.384 e. The van der Waals surface area contributed by atoms with E-state index in [2.05, 4.69) is 6.92 Å². The highest BCUT2D eigenvalue weighted by molar-refractivity contribution is 8.00. The van der Waals surface area contributed by atoms with Gasteiger partial charge in [0.1, 0.15) is 5.60 Å². The van der Waals surface area contributed by atoms with Crippen LogP contribution in [0.25, 0.3) is 0 Å². The molecule has 0 unspecified atom stereocenters. The molecule has 1 N–H and O–H groups in total. The number of hydrogen-bond acceptors (Lipinski definition) is 2. The van der Waals surface area contributed by atoms with Crippen molar-refractivity contribution in [2.75, 3.05) is 5.75 Å². The molecule has 1 aromatic carbocycles. The Morgan fingerprint density at radius 2 is 2.08 bits per heavy atom. The average Bonchev–Trinajstić information content (AvgIpc) is 2.50. The highest BCUT2D eigenvalue weighted by Crippen LogP contribution is 2.42. The summed E-state index contributed by atoms with van der Waals surface area (Å²) in [7, 11) is 0. The first kappa shape index (κ1) is 9.10. The van der Waals surface area contributed by atoms with Crippen LogP contribution in [0.3, 0.4) is 0 Å². The van der Waals surface area contributed by atoms with Gasteiger partial charge in [-0.05, 0) is 17.7 Å². The highest BCUT2D eigenvalue weighted by atomic mass is 32.2. The molecule has 0 amide bonds. The van der Waals surface area contributed by atoms with E-state index in [1.165, 1.54) is 0 Å². The summed E-state index contributed by atoms with van der Waals surface area (Å²) in [6, 6.07) is 10.00. The van der Waals surface area contributed by atoms with E-state index >= 15 is 0 Å². The Kier molecular flexibility index (Phi) is 2.35. The highest BCUT2D eigenvalue weighted by Gasteiger charge is 2.40. The van der Waals surface area contributed by atoms with E-state index < -0.39 is 5.60 Å². The van der Waals surface area contributed by atoms with Crippen molar-refractivity contribution >= 4 is 11.8 Å². The number of thioether (sulfide) groups is 1. The summed E-state index contributed by atoms with van der Waals surface area (Å²) >= 11 is 1.85. The van der Waals surface area contributed by atoms with Crippen LogP contribution >= 0.6 is 11.8 Å². The Labute approximate surface area is 83.2 Å². The standard InChI is InChI=1S/C11H14OS/c1-9-11(12,7-8-13-9)10-5-3-2-4-6-10/h2-6,9,12H,7-8H2,1H3/t9-,11+/m1/s1. The minimum atomic E-state index is -0.591. The molecule has 70 valence electrons. The molecule has 1 saturated heterocycles. The lowest BCUT2D eigenvalue weighted by Crippen LogP contribution is -2.31. The van der Waals surface area contributed by atoms with E-state index in [0.717, 1.165) is 17.7 Å². The third kappa shape index (κ3) is 1.49. The van der Waals surface area contributed by atoms with Crippen LogP contribution in [0.2, 0.25) is 0 Å². The van der Waals surface area contributed by atoms with E-state index in [0.29, 0.717) is 5.25 Å². The SMILES string of the molecule is C[C@H]1SCC[C@@]1(O)c1ccccc1. The summed E-state index contributed by atoms with van der Waals surface area (Å²) < 4.78 is 0. The van der Waals surface area contributed by atoms with Crippen LogP contribution in [-0.4, -0.2) is 16.1 Å². The first-order valence-electron chi connectivity index (χ1n) is 4.63. The zero-order chi connectivity index (χ0) is 9.31. The van der Waals surface area contributed by atoms with Gasteiger partial charge < -0.3 is 5.11 Å². The van der Waals surface area contributed by atoms with Gasteiger partial charge in [-0.15, -0.1) is 0 Å². The Morgan fingerprint density at radius 1 is 1.38 bits per heavy atom. The lowest BCUT2D eigenvalue weighted by atomic mass is 9.89. The van der Waals surface area contributed by atoms with Crippen molar-refractivity contribution in [3.05, 3.63) is 35.9 Å². The van der Waals surface area contributed by atoms with Gasteiger partial charge in [-0.2, -0.15) is 11.8 Å². The summed E-state index contributed by atoms with van der Waals surface area (Å²) in [6.45, 7) is 2.10. The molecule has 1 fully saturated rings. The molecule has 0 saturated carbocycles. The van der Waals surface area contributed by atoms with Crippen LogP contribution < -0.4 is 0 Å². The van der Waals surface area contributed by atoms with E-state index in [1.807, 2.05) is 42.1 Å². The first-order chi connectivity index (χ1) is 6.23. The monoisotopic (exact) mass is 194 g/mol. The third-order valence-electron chi connectivity index (χ3n) is 2.80. The van der Waals surface area contributed by atoms with Crippen LogP contribution in [0.4, 0.5) is 0 Å². The Bertz CT molecular complexity index is 285. The minimum absolute atomic E-state index is 0.315. The van der Waals surface area contributed by atoms with Gasteiger partial charge in [0.25, 0.3) is 0 Å². The van der Waals surface area contributed by atoms with Gasteiger partial charge in [0, 0.05) is 5.25 Å². The van der Waals surface area contributed by atoms with Crippen molar-refractivity contribution in [2.45, 2.75) is 24.2 Å². The summed E-state index contributed by atoms with van der Waals surface area (Å²) in [6.07, 6.45) is 0.878. The molecular formula is C11H14OS. The second kappa shape index (κ2) is 3.35. The molecule has 0 aromatic heterocycles. The maximum atomic E-state index is 10.4. The maximum Gasteiger partial charge on any atom is 0.102 e. The lowest BCUT2D eigenvalue weighted by Gasteiger charge is -2.27. The molecule has 0 radical (unpaired) electrons. The molecule has 1 heterocycles. The molecule has 2 heteroatoms. The van der Waals surface area contributed by atoms with Gasteiger partial charge in [0.2, 0.25) is 0 Å². The quantitative estimate of drug-likeness (QED) is 0.741. The molecule has 0 aliphatic carbocycles. The van der Waals surface area contributed by atoms with E-state index in [-0.39, 0.29) is 0 Å². The van der Waals surface area contributed by atoms with Crippen LogP contribution in [0, 0.1) is 0 Å². The third-order valence-corrected chi connectivity index (χ3v) is 4.13. The zero-order valence-electron chi connectivity index (χ0n) is 7.73. The molecular weight excluding hydrogens is 180 g/mol. The van der Waals surface area contributed by atoms with Gasteiger partial charge in [0.05, 0.1) is 0 Å². The van der Waals surface area contributed by atoms with Gasteiger partial charge in [-0.25, -0.2) is 0 Å². The van der Waals surface area contributed by atoms with E-state index in [9.17, 15) is 5.11 Å². The Morgan fingerprint density at radius 3 is 2.62 bits per heavy atom. The molecule has 1 nitrogen and oxygen atoms in total. The second-order valence-electron chi connectivity index (χ2n) is 3.55. The van der Waals surface area contributed by atoms with Crippen LogP contribution in [0.15, 0.2) is 30.3 Å². The predicted octanol–water partition coefficient (Wildman–Crippen LogP) is 2.40. The smallest absolute Gasteiger partial charge is 0.102 e. The van der Waals surface area contributed by atoms with Crippen molar-refractivity contribution in [1.29, 1.82) is 0 Å². The molecule has 13 heavy (non-hydrogen) atoms. The van der Waals surface area contributed by atoms with Crippen molar-refractivity contribution in [2.24, 2.45) is 0 Å². The van der Waals surface area contributed by atoms with Crippen LogP contribution in [0.1, 0.15) is 18.9 Å². The van der Waals surface area contributed by atoms with Crippen LogP contribution in [-0.2, 0) is 5.60 Å². The fourth-order valence-corrected chi connectivity index (χ4v) is 3.15. The predicted molar refractivity (Wildman–Crippen MR) is 56.9 cm³/mol. The summed E-state index contributed by atoms with van der Waals surface area (Å²) in [4.78, 5) is 0. The second-order valence-corrected chi connectivity index (χ2v) is 5.00. The molecule has 1 aliphatic heterocycles. The average molecular weight is 194 g/mol. The fourth-order valence-electron chi connectivity index (χ4n) is 1.84. The van der Waals surface area contributed by atoms with Crippen molar-refractivity contribution in [3.63, 3.8) is 0 Å². The number of rotatable bonds is 1. The zero-order valence-corrected chi connectivity index (χ0v) is 8.55. The van der Waals surface area contributed by atoms with Gasteiger partial charge >= 0.3 is 0 Å². The van der Waals surface area contributed by atoms with Gasteiger partial charge in [-0.3, -0.25) is 0 Å². The number of benzene rings is 1. The molecule has 1 aromatic rings. The summed E-state index contributed by atoms with van der Waals surface area (Å²) in [5, 5.41) is 10.7. The topological polar surface area (TPSA) is 20.2 Å². The first-order valence-corrected chi connectivity index (χ1v) is 5.68. The van der Waals surface area contributed by atoms with Crippen LogP contribution in [0.5, 0.6) is 0 Å². The van der Waals surface area contributed by atoms with Crippen molar-refractivity contribution in [1.82, 2.24) is 0 Å². The molecule has 0 bridgehead atoms. The maximum absolute atomic E-state index is 10.4. The van der Waals surface area contributed by atoms with Crippen molar-refractivity contribution in [3.8, 4) is 0 Å². The lowest BCUT2D eigenvalue weighted by molar-refractivity contribution is 0.0427. The van der Waals surface area contributed by atoms with Crippen molar-refractivity contribution < 1.29 is 5.11 Å². The molecule has 2 rings (SSSR count). The normalized spacial score (nSPS) is 33.5. The fraction of sp³-hybridized carbons (Fsp3) is 0.455. The van der Waals surface area contributed by atoms with E-state index in [1.54, 1.807) is 0 Å². The molecule has 1 aliphatic rings. The van der Waals surface area contributed by atoms with Gasteiger partial charge in [-0.1, -0.05) is 37.3 Å². The number of hydrogen-bond donors (Lipinski definition) is 1. The number of aliphatic hydroxyl groups is 1. The Hall–Kier alpha value is -0.470. The Balaban J connectivity index is 2.34. The minimum Gasteiger partial charge on any atom is -0.384 e.